The van der Waals surface area contributed by atoms with Gasteiger partial charge in [-0.3, -0.25) is 10.1 Å². The second-order valence-corrected chi connectivity index (χ2v) is 2.90. The number of nitro groups is 1. The minimum Gasteiger partial charge on any atom is -0.508 e. The van der Waals surface area contributed by atoms with E-state index < -0.39 is 4.92 Å². The summed E-state index contributed by atoms with van der Waals surface area (Å²) in [4.78, 5) is 9.95. The van der Waals surface area contributed by atoms with Gasteiger partial charge >= 0.3 is 0 Å². The second kappa shape index (κ2) is 3.02. The Morgan fingerprint density at radius 3 is 3.00 bits per heavy atom. The van der Waals surface area contributed by atoms with Crippen molar-refractivity contribution in [3.63, 3.8) is 0 Å². The van der Waals surface area contributed by atoms with Gasteiger partial charge in [0.1, 0.15) is 11.5 Å². The number of ether oxygens (including phenoxy) is 1. The summed E-state index contributed by atoms with van der Waals surface area (Å²) in [6.07, 6.45) is 1.40. The van der Waals surface area contributed by atoms with Crippen LogP contribution in [0.25, 0.3) is 6.08 Å². The smallest absolute Gasteiger partial charge is 0.284 e. The van der Waals surface area contributed by atoms with E-state index >= 15 is 0 Å². The van der Waals surface area contributed by atoms with Crippen LogP contribution in [-0.2, 0) is 0 Å². The summed E-state index contributed by atoms with van der Waals surface area (Å²) in [5.74, 6) is 0.613. The molecule has 14 heavy (non-hydrogen) atoms. The van der Waals surface area contributed by atoms with E-state index in [1.165, 1.54) is 18.2 Å². The van der Waals surface area contributed by atoms with E-state index in [1.807, 2.05) is 0 Å². The highest BCUT2D eigenvalue weighted by Crippen LogP contribution is 2.29. The number of benzene rings is 1. The van der Waals surface area contributed by atoms with Gasteiger partial charge in [0.05, 0.1) is 4.92 Å². The molecule has 0 saturated carbocycles. The number of nitrogens with zero attached hydrogens (tertiary/aromatic N) is 1. The minimum atomic E-state index is -0.493. The fourth-order valence-electron chi connectivity index (χ4n) is 1.26. The molecule has 5 nitrogen and oxygen atoms in total. The van der Waals surface area contributed by atoms with Crippen LogP contribution < -0.4 is 4.74 Å². The van der Waals surface area contributed by atoms with Crippen molar-refractivity contribution in [2.45, 2.75) is 0 Å². The van der Waals surface area contributed by atoms with Gasteiger partial charge in [0.25, 0.3) is 5.70 Å². The molecule has 1 aliphatic rings. The SMILES string of the molecule is O=[N+]([O-])C1=Cc2cc(O)ccc2OC1. The zero-order chi connectivity index (χ0) is 10.1. The highest BCUT2D eigenvalue weighted by atomic mass is 16.6. The van der Waals surface area contributed by atoms with Crippen molar-refractivity contribution in [3.8, 4) is 11.5 Å². The third-order valence-electron chi connectivity index (χ3n) is 1.93. The van der Waals surface area contributed by atoms with Crippen LogP contribution in [0.3, 0.4) is 0 Å². The third-order valence-corrected chi connectivity index (χ3v) is 1.93. The fourth-order valence-corrected chi connectivity index (χ4v) is 1.26. The molecule has 0 atom stereocenters. The Kier molecular flexibility index (Phi) is 1.85. The summed E-state index contributed by atoms with van der Waals surface area (Å²) >= 11 is 0. The molecule has 5 heteroatoms. The highest BCUT2D eigenvalue weighted by Gasteiger charge is 2.19. The number of hydrogen-bond acceptors (Lipinski definition) is 4. The first-order valence-corrected chi connectivity index (χ1v) is 3.97. The van der Waals surface area contributed by atoms with E-state index in [-0.39, 0.29) is 18.1 Å². The predicted octanol–water partition coefficient (Wildman–Crippen LogP) is 1.40. The molecule has 0 aliphatic carbocycles. The van der Waals surface area contributed by atoms with Crippen LogP contribution in [0.1, 0.15) is 5.56 Å². The zero-order valence-electron chi connectivity index (χ0n) is 7.14. The summed E-state index contributed by atoms with van der Waals surface area (Å²) < 4.78 is 5.13. The maximum absolute atomic E-state index is 10.4. The van der Waals surface area contributed by atoms with E-state index in [0.717, 1.165) is 0 Å². The highest BCUT2D eigenvalue weighted by molar-refractivity contribution is 5.62. The van der Waals surface area contributed by atoms with E-state index in [9.17, 15) is 10.1 Å². The molecular formula is C9H7NO4. The van der Waals surface area contributed by atoms with Gasteiger partial charge in [-0.2, -0.15) is 0 Å². The average Bonchev–Trinajstić information content (AvgIpc) is 2.16. The molecule has 1 heterocycles. The first kappa shape index (κ1) is 8.55. The molecule has 1 aromatic carbocycles. The van der Waals surface area contributed by atoms with Gasteiger partial charge in [0.2, 0.25) is 0 Å². The number of phenolic OH excluding ortho intramolecular Hbond substituents is 1. The van der Waals surface area contributed by atoms with Crippen LogP contribution in [0.15, 0.2) is 23.9 Å². The van der Waals surface area contributed by atoms with Crippen LogP contribution in [-0.4, -0.2) is 16.6 Å². The minimum absolute atomic E-state index is 0.0110. The number of aromatic hydroxyl groups is 1. The Hall–Kier alpha value is -2.04. The normalized spacial score (nSPS) is 13.9. The zero-order valence-corrected chi connectivity index (χ0v) is 7.14. The van der Waals surface area contributed by atoms with Crippen LogP contribution in [0, 0.1) is 10.1 Å². The lowest BCUT2D eigenvalue weighted by molar-refractivity contribution is -0.427. The van der Waals surface area contributed by atoms with E-state index in [2.05, 4.69) is 0 Å². The topological polar surface area (TPSA) is 72.6 Å². The number of fused-ring (bicyclic) bond motifs is 1. The Labute approximate surface area is 79.4 Å². The lowest BCUT2D eigenvalue weighted by Crippen LogP contribution is -2.13. The molecule has 1 aliphatic heterocycles. The lowest BCUT2D eigenvalue weighted by Gasteiger charge is -2.12. The van der Waals surface area contributed by atoms with Crippen molar-refractivity contribution >= 4 is 6.08 Å². The van der Waals surface area contributed by atoms with Crippen LogP contribution in [0.4, 0.5) is 0 Å². The van der Waals surface area contributed by atoms with Gasteiger partial charge in [-0.25, -0.2) is 0 Å². The summed E-state index contributed by atoms with van der Waals surface area (Å²) in [6, 6.07) is 4.49. The van der Waals surface area contributed by atoms with E-state index in [0.29, 0.717) is 11.3 Å². The van der Waals surface area contributed by atoms with Crippen molar-refractivity contribution in [3.05, 3.63) is 39.6 Å². The van der Waals surface area contributed by atoms with Crippen molar-refractivity contribution < 1.29 is 14.8 Å². The lowest BCUT2D eigenvalue weighted by atomic mass is 10.1. The molecule has 2 rings (SSSR count). The number of phenols is 1. The van der Waals surface area contributed by atoms with Gasteiger partial charge in [-0.15, -0.1) is 0 Å². The first-order valence-electron chi connectivity index (χ1n) is 3.97. The molecule has 0 unspecified atom stereocenters. The molecule has 0 fully saturated rings. The maximum atomic E-state index is 10.4. The molecule has 1 aromatic rings. The van der Waals surface area contributed by atoms with Gasteiger partial charge in [0.15, 0.2) is 6.61 Å². The van der Waals surface area contributed by atoms with Gasteiger partial charge in [-0.05, 0) is 18.2 Å². The molecule has 0 aromatic heterocycles. The predicted molar refractivity (Wildman–Crippen MR) is 48.6 cm³/mol. The van der Waals surface area contributed by atoms with Gasteiger partial charge in [-0.1, -0.05) is 0 Å². The molecule has 0 radical (unpaired) electrons. The molecule has 1 N–H and O–H groups in total. The summed E-state index contributed by atoms with van der Waals surface area (Å²) in [7, 11) is 0. The van der Waals surface area contributed by atoms with Crippen LogP contribution in [0.2, 0.25) is 0 Å². The Balaban J connectivity index is 2.47. The summed E-state index contributed by atoms with van der Waals surface area (Å²) in [5.41, 5.74) is 0.519. The van der Waals surface area contributed by atoms with Gasteiger partial charge in [0, 0.05) is 11.6 Å². The van der Waals surface area contributed by atoms with Gasteiger partial charge < -0.3 is 9.84 Å². The Morgan fingerprint density at radius 2 is 2.29 bits per heavy atom. The van der Waals surface area contributed by atoms with Crippen molar-refractivity contribution in [2.75, 3.05) is 6.61 Å². The van der Waals surface area contributed by atoms with E-state index in [4.69, 9.17) is 9.84 Å². The molecular weight excluding hydrogens is 186 g/mol. The Morgan fingerprint density at radius 1 is 1.50 bits per heavy atom. The van der Waals surface area contributed by atoms with Crippen molar-refractivity contribution in [1.82, 2.24) is 0 Å². The van der Waals surface area contributed by atoms with E-state index in [1.54, 1.807) is 6.07 Å². The van der Waals surface area contributed by atoms with Crippen molar-refractivity contribution in [2.24, 2.45) is 0 Å². The third kappa shape index (κ3) is 1.39. The molecule has 72 valence electrons. The summed E-state index contributed by atoms with van der Waals surface area (Å²) in [5, 5.41) is 19.6. The second-order valence-electron chi connectivity index (χ2n) is 2.90. The maximum Gasteiger partial charge on any atom is 0.284 e. The molecule has 0 amide bonds. The average molecular weight is 193 g/mol. The molecule has 0 saturated heterocycles. The fraction of sp³-hybridized carbons (Fsp3) is 0.111. The largest absolute Gasteiger partial charge is 0.508 e. The molecule has 0 spiro atoms. The quantitative estimate of drug-likeness (QED) is 0.540. The standard InChI is InChI=1S/C9H7NO4/c11-8-1-2-9-6(4-8)3-7(5-14-9)10(12)13/h1-4,11H,5H2. The Bertz CT molecular complexity index is 425. The van der Waals surface area contributed by atoms with Crippen LogP contribution >= 0.6 is 0 Å². The number of rotatable bonds is 1. The van der Waals surface area contributed by atoms with Crippen molar-refractivity contribution in [1.29, 1.82) is 0 Å². The summed E-state index contributed by atoms with van der Waals surface area (Å²) in [6.45, 7) is -0.0369. The first-order chi connectivity index (χ1) is 6.66. The number of hydrogen-bond donors (Lipinski definition) is 1. The molecule has 0 bridgehead atoms. The monoisotopic (exact) mass is 193 g/mol. The van der Waals surface area contributed by atoms with Crippen LogP contribution in [0.5, 0.6) is 11.5 Å².